The van der Waals surface area contributed by atoms with Crippen LogP contribution in [-0.4, -0.2) is 35.0 Å². The van der Waals surface area contributed by atoms with Crippen LogP contribution in [0, 0.1) is 0 Å². The van der Waals surface area contributed by atoms with Gasteiger partial charge in [0.1, 0.15) is 0 Å². The quantitative estimate of drug-likeness (QED) is 0.669. The Morgan fingerprint density at radius 2 is 2.45 bits per heavy atom. The van der Waals surface area contributed by atoms with E-state index in [4.69, 9.17) is 0 Å². The molecule has 2 nitrogen and oxygen atoms in total. The lowest BCUT2D eigenvalue weighted by molar-refractivity contribution is 0.683. The maximum Gasteiger partial charge on any atom is 0.156 e. The summed E-state index contributed by atoms with van der Waals surface area (Å²) in [4.78, 5) is 4.36. The van der Waals surface area contributed by atoms with Gasteiger partial charge in [0.15, 0.2) is 5.17 Å². The third-order valence-electron chi connectivity index (χ3n) is 1.84. The minimum atomic E-state index is 0.698. The van der Waals surface area contributed by atoms with Crippen molar-refractivity contribution >= 4 is 28.7 Å². The molecular formula is C7H12N2S2. The lowest BCUT2D eigenvalue weighted by Crippen LogP contribution is -2.31. The minimum Gasteiger partial charge on any atom is -0.361 e. The molecule has 0 aromatic carbocycles. The number of nitrogens with one attached hydrogen (secondary N) is 1. The highest BCUT2D eigenvalue weighted by molar-refractivity contribution is 8.14. The molecule has 4 heteroatoms. The van der Waals surface area contributed by atoms with E-state index in [1.165, 1.54) is 28.8 Å². The first kappa shape index (κ1) is 7.80. The number of aliphatic imine (C=N–C) groups is 1. The number of amidine groups is 1. The molecule has 1 unspecified atom stereocenters. The van der Waals surface area contributed by atoms with Crippen molar-refractivity contribution in [1.29, 1.82) is 0 Å². The Morgan fingerprint density at radius 3 is 3.09 bits per heavy atom. The molecule has 11 heavy (non-hydrogen) atoms. The highest BCUT2D eigenvalue weighted by Gasteiger charge is 2.17. The Balaban J connectivity index is 1.79. The molecule has 0 saturated carbocycles. The fourth-order valence-corrected chi connectivity index (χ4v) is 3.21. The highest BCUT2D eigenvalue weighted by Crippen LogP contribution is 2.19. The summed E-state index contributed by atoms with van der Waals surface area (Å²) in [5.74, 6) is 3.75. The van der Waals surface area contributed by atoms with Crippen molar-refractivity contribution < 1.29 is 0 Å². The van der Waals surface area contributed by atoms with E-state index in [2.05, 4.69) is 10.3 Å². The largest absolute Gasteiger partial charge is 0.361 e. The van der Waals surface area contributed by atoms with Gasteiger partial charge >= 0.3 is 0 Å². The molecule has 2 aliphatic heterocycles. The molecule has 62 valence electrons. The van der Waals surface area contributed by atoms with E-state index in [1.54, 1.807) is 0 Å². The van der Waals surface area contributed by atoms with Gasteiger partial charge in [-0.25, -0.2) is 0 Å². The van der Waals surface area contributed by atoms with Crippen molar-refractivity contribution in [2.45, 2.75) is 12.5 Å². The van der Waals surface area contributed by atoms with E-state index >= 15 is 0 Å². The second-order valence-corrected chi connectivity index (χ2v) is 4.97. The third-order valence-corrected chi connectivity index (χ3v) is 3.91. The SMILES string of the molecule is C1CSC(NC2CCSC2)=N1. The van der Waals surface area contributed by atoms with Crippen LogP contribution in [0.5, 0.6) is 0 Å². The Hall–Kier alpha value is 0.170. The standard InChI is InChI=1S/C7H12N2S2/c1-3-10-5-6(1)9-7-8-2-4-11-7/h6H,1-5H2,(H,8,9). The predicted molar refractivity (Wildman–Crippen MR) is 53.6 cm³/mol. The van der Waals surface area contributed by atoms with Gasteiger partial charge in [-0.3, -0.25) is 4.99 Å². The van der Waals surface area contributed by atoms with Crippen LogP contribution in [0.3, 0.4) is 0 Å². The molecule has 0 aliphatic carbocycles. The molecule has 2 aliphatic rings. The van der Waals surface area contributed by atoms with Gasteiger partial charge in [-0.2, -0.15) is 11.8 Å². The molecule has 2 rings (SSSR count). The van der Waals surface area contributed by atoms with Crippen LogP contribution in [0.15, 0.2) is 4.99 Å². The van der Waals surface area contributed by atoms with Crippen molar-refractivity contribution in [3.8, 4) is 0 Å². The van der Waals surface area contributed by atoms with Gasteiger partial charge in [0.05, 0.1) is 6.54 Å². The molecule has 0 spiro atoms. The molecule has 1 N–H and O–H groups in total. The van der Waals surface area contributed by atoms with E-state index in [0.29, 0.717) is 6.04 Å². The lowest BCUT2D eigenvalue weighted by Gasteiger charge is -2.10. The number of hydrogen-bond donors (Lipinski definition) is 1. The molecule has 1 fully saturated rings. The number of nitrogens with zero attached hydrogens (tertiary/aromatic N) is 1. The number of hydrogen-bond acceptors (Lipinski definition) is 4. The number of thioether (sulfide) groups is 2. The molecule has 0 bridgehead atoms. The van der Waals surface area contributed by atoms with Crippen LogP contribution in [0.1, 0.15) is 6.42 Å². The maximum atomic E-state index is 4.36. The average Bonchev–Trinajstić information content (AvgIpc) is 2.60. The summed E-state index contributed by atoms with van der Waals surface area (Å²) in [6.07, 6.45) is 1.31. The monoisotopic (exact) mass is 188 g/mol. The first-order valence-electron chi connectivity index (χ1n) is 3.97. The summed E-state index contributed by atoms with van der Waals surface area (Å²) in [5, 5.41) is 4.65. The summed E-state index contributed by atoms with van der Waals surface area (Å²) in [5.41, 5.74) is 0. The van der Waals surface area contributed by atoms with Crippen LogP contribution >= 0.6 is 23.5 Å². The average molecular weight is 188 g/mol. The highest BCUT2D eigenvalue weighted by atomic mass is 32.2. The van der Waals surface area contributed by atoms with E-state index in [1.807, 2.05) is 23.5 Å². The predicted octanol–water partition coefficient (Wildman–Crippen LogP) is 1.18. The van der Waals surface area contributed by atoms with Gasteiger partial charge in [0.2, 0.25) is 0 Å². The summed E-state index contributed by atoms with van der Waals surface area (Å²) in [6, 6.07) is 0.698. The lowest BCUT2D eigenvalue weighted by atomic mass is 10.3. The Bertz CT molecular complexity index is 164. The molecule has 0 radical (unpaired) electrons. The van der Waals surface area contributed by atoms with Gasteiger partial charge < -0.3 is 5.32 Å². The van der Waals surface area contributed by atoms with Gasteiger partial charge in [-0.15, -0.1) is 0 Å². The smallest absolute Gasteiger partial charge is 0.156 e. The minimum absolute atomic E-state index is 0.698. The zero-order chi connectivity index (χ0) is 7.52. The van der Waals surface area contributed by atoms with E-state index in [9.17, 15) is 0 Å². The second-order valence-electron chi connectivity index (χ2n) is 2.74. The van der Waals surface area contributed by atoms with Gasteiger partial charge in [-0.05, 0) is 12.2 Å². The molecule has 1 atom stereocenters. The number of rotatable bonds is 1. The van der Waals surface area contributed by atoms with Crippen LogP contribution in [0.25, 0.3) is 0 Å². The molecule has 0 aromatic heterocycles. The van der Waals surface area contributed by atoms with E-state index in [0.717, 1.165) is 6.54 Å². The van der Waals surface area contributed by atoms with Crippen LogP contribution < -0.4 is 5.32 Å². The summed E-state index contributed by atoms with van der Waals surface area (Å²) in [6.45, 7) is 1.01. The van der Waals surface area contributed by atoms with Gasteiger partial charge in [0, 0.05) is 17.5 Å². The Kier molecular flexibility index (Phi) is 2.64. The molecule has 2 heterocycles. The topological polar surface area (TPSA) is 24.4 Å². The van der Waals surface area contributed by atoms with Gasteiger partial charge in [-0.1, -0.05) is 11.8 Å². The Labute approximate surface area is 75.6 Å². The van der Waals surface area contributed by atoms with Crippen LogP contribution in [0.2, 0.25) is 0 Å². The van der Waals surface area contributed by atoms with Crippen molar-refractivity contribution in [2.75, 3.05) is 23.8 Å². The van der Waals surface area contributed by atoms with E-state index in [-0.39, 0.29) is 0 Å². The fraction of sp³-hybridized carbons (Fsp3) is 0.857. The van der Waals surface area contributed by atoms with E-state index < -0.39 is 0 Å². The summed E-state index contributed by atoms with van der Waals surface area (Å²) in [7, 11) is 0. The third kappa shape index (κ3) is 2.06. The molecule has 1 saturated heterocycles. The second kappa shape index (κ2) is 3.72. The molecule has 0 aromatic rings. The fourth-order valence-electron chi connectivity index (χ4n) is 1.25. The zero-order valence-corrected chi connectivity index (χ0v) is 8.01. The first-order valence-corrected chi connectivity index (χ1v) is 6.11. The summed E-state index contributed by atoms with van der Waals surface area (Å²) < 4.78 is 0. The zero-order valence-electron chi connectivity index (χ0n) is 6.38. The Morgan fingerprint density at radius 1 is 1.45 bits per heavy atom. The van der Waals surface area contributed by atoms with Crippen molar-refractivity contribution in [1.82, 2.24) is 5.32 Å². The van der Waals surface area contributed by atoms with Crippen molar-refractivity contribution in [3.05, 3.63) is 0 Å². The molecule has 0 amide bonds. The molecular weight excluding hydrogens is 176 g/mol. The van der Waals surface area contributed by atoms with Gasteiger partial charge in [0.25, 0.3) is 0 Å². The maximum absolute atomic E-state index is 4.36. The van der Waals surface area contributed by atoms with Crippen LogP contribution in [-0.2, 0) is 0 Å². The summed E-state index contributed by atoms with van der Waals surface area (Å²) >= 11 is 3.90. The van der Waals surface area contributed by atoms with Crippen LogP contribution in [0.4, 0.5) is 0 Å². The van der Waals surface area contributed by atoms with Crippen molar-refractivity contribution in [2.24, 2.45) is 4.99 Å². The van der Waals surface area contributed by atoms with Crippen molar-refractivity contribution in [3.63, 3.8) is 0 Å². The first-order chi connectivity index (χ1) is 5.45. The normalized spacial score (nSPS) is 30.5.